The van der Waals surface area contributed by atoms with Crippen molar-refractivity contribution in [2.24, 2.45) is 0 Å². The van der Waals surface area contributed by atoms with Gasteiger partial charge in [0.15, 0.2) is 0 Å². The van der Waals surface area contributed by atoms with Crippen molar-refractivity contribution in [2.75, 3.05) is 10.6 Å². The zero-order valence-electron chi connectivity index (χ0n) is 31.8. The zero-order chi connectivity index (χ0) is 38.5. The highest BCUT2D eigenvalue weighted by Gasteiger charge is 2.45. The minimum Gasteiger partial charge on any atom is -0.355 e. The van der Waals surface area contributed by atoms with Crippen LogP contribution in [0.3, 0.4) is 0 Å². The molecule has 2 N–H and O–H groups in total. The summed E-state index contributed by atoms with van der Waals surface area (Å²) in [5.74, 6) is 0. The van der Waals surface area contributed by atoms with Crippen molar-refractivity contribution < 1.29 is 0 Å². The first kappa shape index (κ1) is 33.8. The van der Waals surface area contributed by atoms with E-state index in [1.165, 1.54) is 44.5 Å². The summed E-state index contributed by atoms with van der Waals surface area (Å²) in [6.45, 7) is 0. The number of hydrogen-bond donors (Lipinski definition) is 2. The van der Waals surface area contributed by atoms with E-state index in [-0.39, 0.29) is 0 Å². The van der Waals surface area contributed by atoms with Crippen molar-refractivity contribution >= 4 is 22.7 Å². The molecule has 3 heteroatoms. The number of hydrogen-bond acceptors (Lipinski definition) is 3. The monoisotopic (exact) mass is 741 g/mol. The van der Waals surface area contributed by atoms with Crippen LogP contribution in [0.2, 0.25) is 0 Å². The molecule has 0 amide bonds. The lowest BCUT2D eigenvalue weighted by molar-refractivity contribution is 0.740. The lowest BCUT2D eigenvalue weighted by Crippen LogP contribution is -2.35. The van der Waals surface area contributed by atoms with Crippen LogP contribution in [-0.4, -0.2) is 4.98 Å². The summed E-state index contributed by atoms with van der Waals surface area (Å²) in [5, 5.41) is 7.66. The molecule has 0 atom stereocenters. The van der Waals surface area contributed by atoms with E-state index in [1.807, 2.05) is 0 Å². The predicted octanol–water partition coefficient (Wildman–Crippen LogP) is 13.3. The number of benzene rings is 8. The molecule has 0 saturated carbocycles. The molecule has 0 bridgehead atoms. The Bertz CT molecular complexity index is 2660. The van der Waals surface area contributed by atoms with Gasteiger partial charge in [0.2, 0.25) is 0 Å². The highest BCUT2D eigenvalue weighted by molar-refractivity contribution is 5.86. The molecule has 2 aliphatic heterocycles. The molecular formula is C55H39N3. The number of rotatable bonds is 6. The van der Waals surface area contributed by atoms with Gasteiger partial charge in [-0.15, -0.1) is 0 Å². The first-order chi connectivity index (χ1) is 28.7. The number of pyridine rings is 1. The Morgan fingerprint density at radius 3 is 0.983 bits per heavy atom. The normalized spacial score (nSPS) is 14.1. The van der Waals surface area contributed by atoms with Gasteiger partial charge >= 0.3 is 0 Å². The summed E-state index contributed by atoms with van der Waals surface area (Å²) >= 11 is 0. The van der Waals surface area contributed by atoms with E-state index in [2.05, 4.69) is 235 Å². The van der Waals surface area contributed by atoms with Gasteiger partial charge in [0, 0.05) is 33.9 Å². The van der Waals surface area contributed by atoms with Crippen LogP contribution >= 0.6 is 0 Å². The predicted molar refractivity (Wildman–Crippen MR) is 238 cm³/mol. The van der Waals surface area contributed by atoms with Gasteiger partial charge in [-0.1, -0.05) is 188 Å². The molecule has 58 heavy (non-hydrogen) atoms. The molecule has 0 unspecified atom stereocenters. The molecule has 11 rings (SSSR count). The van der Waals surface area contributed by atoms with Crippen molar-refractivity contribution in [2.45, 2.75) is 10.8 Å². The van der Waals surface area contributed by atoms with E-state index in [9.17, 15) is 0 Å². The molecule has 0 saturated heterocycles. The molecule has 8 aromatic carbocycles. The number of nitrogens with one attached hydrogen (secondary N) is 2. The Hall–Kier alpha value is -7.49. The largest absolute Gasteiger partial charge is 0.355 e. The third kappa shape index (κ3) is 5.10. The summed E-state index contributed by atoms with van der Waals surface area (Å²) < 4.78 is 0. The van der Waals surface area contributed by atoms with Crippen LogP contribution in [0, 0.1) is 0 Å². The molecule has 3 heterocycles. The standard InChI is InChI=1S/C55H39N3/c1-5-18-40(19-6-1)54(41-20-7-2-8-21-41)44-26-13-15-28-50(44)57-52-36-38(32-34-46(52)54)48-30-17-31-49(56-48)39-33-35-47-53(37-39)58-51-29-16-14-27-45(51)55(47,42-22-9-3-10-23-42)43-24-11-4-12-25-43/h1-37,57-58H. The molecule has 274 valence electrons. The van der Waals surface area contributed by atoms with E-state index >= 15 is 0 Å². The molecule has 0 spiro atoms. The Balaban J connectivity index is 1.04. The van der Waals surface area contributed by atoms with Crippen molar-refractivity contribution in [3.05, 3.63) is 269 Å². The molecule has 0 radical (unpaired) electrons. The lowest BCUT2D eigenvalue weighted by atomic mass is 9.62. The van der Waals surface area contributed by atoms with Gasteiger partial charge in [-0.3, -0.25) is 0 Å². The molecule has 3 nitrogen and oxygen atoms in total. The van der Waals surface area contributed by atoms with Crippen LogP contribution < -0.4 is 10.6 Å². The first-order valence-electron chi connectivity index (χ1n) is 20.0. The lowest BCUT2D eigenvalue weighted by Gasteiger charge is -2.42. The van der Waals surface area contributed by atoms with E-state index in [0.717, 1.165) is 45.3 Å². The van der Waals surface area contributed by atoms with Crippen molar-refractivity contribution in [1.29, 1.82) is 0 Å². The second kappa shape index (κ2) is 13.6. The maximum atomic E-state index is 5.35. The number of fused-ring (bicyclic) bond motifs is 4. The van der Waals surface area contributed by atoms with E-state index in [0.29, 0.717) is 0 Å². The molecule has 2 aliphatic rings. The third-order valence-electron chi connectivity index (χ3n) is 12.2. The minimum atomic E-state index is -0.503. The van der Waals surface area contributed by atoms with Crippen LogP contribution in [0.5, 0.6) is 0 Å². The van der Waals surface area contributed by atoms with Crippen LogP contribution in [-0.2, 0) is 10.8 Å². The summed E-state index contributed by atoms with van der Waals surface area (Å²) in [7, 11) is 0. The highest BCUT2D eigenvalue weighted by atomic mass is 14.9. The summed E-state index contributed by atoms with van der Waals surface area (Å²) in [5.41, 5.74) is 17.1. The highest BCUT2D eigenvalue weighted by Crippen LogP contribution is 2.55. The fourth-order valence-corrected chi connectivity index (χ4v) is 9.77. The molecule has 9 aromatic rings. The quantitative estimate of drug-likeness (QED) is 0.178. The molecular weight excluding hydrogens is 703 g/mol. The van der Waals surface area contributed by atoms with Gasteiger partial charge in [0.1, 0.15) is 0 Å². The van der Waals surface area contributed by atoms with Crippen LogP contribution in [0.4, 0.5) is 22.7 Å². The number of nitrogens with zero attached hydrogens (tertiary/aromatic N) is 1. The van der Waals surface area contributed by atoms with Crippen molar-refractivity contribution in [3.63, 3.8) is 0 Å². The molecule has 0 fully saturated rings. The number of para-hydroxylation sites is 2. The van der Waals surface area contributed by atoms with Crippen molar-refractivity contribution in [3.8, 4) is 22.5 Å². The SMILES string of the molecule is c1ccc(C2(c3ccccc3)c3ccccc3Nc3cc(-c4cccc(-c5ccc6c(c5)Nc5ccccc5C6(c5ccccc5)c5ccccc5)n4)ccc32)cc1. The molecule has 0 aliphatic carbocycles. The Morgan fingerprint density at radius 1 is 0.276 bits per heavy atom. The van der Waals surface area contributed by atoms with Crippen molar-refractivity contribution in [1.82, 2.24) is 4.98 Å². The van der Waals surface area contributed by atoms with Crippen LogP contribution in [0.15, 0.2) is 224 Å². The zero-order valence-corrected chi connectivity index (χ0v) is 31.8. The van der Waals surface area contributed by atoms with Gasteiger partial charge in [-0.05, 0) is 80.9 Å². The number of aromatic nitrogens is 1. The summed E-state index contributed by atoms with van der Waals surface area (Å²) in [6.07, 6.45) is 0. The average Bonchev–Trinajstić information content (AvgIpc) is 3.31. The summed E-state index contributed by atoms with van der Waals surface area (Å²) in [6, 6.07) is 81.0. The average molecular weight is 742 g/mol. The third-order valence-corrected chi connectivity index (χ3v) is 12.2. The van der Waals surface area contributed by atoms with Gasteiger partial charge < -0.3 is 10.6 Å². The first-order valence-corrected chi connectivity index (χ1v) is 20.0. The van der Waals surface area contributed by atoms with E-state index in [4.69, 9.17) is 4.98 Å². The minimum absolute atomic E-state index is 0.503. The van der Waals surface area contributed by atoms with Gasteiger partial charge in [0.25, 0.3) is 0 Å². The second-order valence-electron chi connectivity index (χ2n) is 15.2. The number of anilines is 4. The second-order valence-corrected chi connectivity index (χ2v) is 15.2. The maximum absolute atomic E-state index is 5.35. The van der Waals surface area contributed by atoms with Gasteiger partial charge in [-0.2, -0.15) is 0 Å². The van der Waals surface area contributed by atoms with Crippen LogP contribution in [0.1, 0.15) is 44.5 Å². The van der Waals surface area contributed by atoms with E-state index < -0.39 is 10.8 Å². The van der Waals surface area contributed by atoms with Gasteiger partial charge in [0.05, 0.1) is 22.2 Å². The molecule has 1 aromatic heterocycles. The fraction of sp³-hybridized carbons (Fsp3) is 0.0364. The van der Waals surface area contributed by atoms with Crippen LogP contribution in [0.25, 0.3) is 22.5 Å². The fourth-order valence-electron chi connectivity index (χ4n) is 9.77. The Morgan fingerprint density at radius 2 is 0.603 bits per heavy atom. The Kier molecular flexibility index (Phi) is 7.94. The van der Waals surface area contributed by atoms with E-state index in [1.54, 1.807) is 0 Å². The van der Waals surface area contributed by atoms with Gasteiger partial charge in [-0.25, -0.2) is 4.98 Å². The Labute approximate surface area is 339 Å². The topological polar surface area (TPSA) is 37.0 Å². The summed E-state index contributed by atoms with van der Waals surface area (Å²) in [4.78, 5) is 5.35. The maximum Gasteiger partial charge on any atom is 0.0741 e. The smallest absolute Gasteiger partial charge is 0.0741 e.